The fourth-order valence-electron chi connectivity index (χ4n) is 1.21. The third-order valence-electron chi connectivity index (χ3n) is 1.87. The predicted molar refractivity (Wildman–Crippen MR) is 48.8 cm³/mol. The van der Waals surface area contributed by atoms with Gasteiger partial charge in [-0.1, -0.05) is 11.6 Å². The molecule has 0 aliphatic carbocycles. The summed E-state index contributed by atoms with van der Waals surface area (Å²) >= 11 is 7.27. The normalized spacial score (nSPS) is 20.5. The van der Waals surface area contributed by atoms with Crippen LogP contribution in [0.5, 0.6) is 0 Å². The van der Waals surface area contributed by atoms with E-state index in [1.807, 2.05) is 12.1 Å². The molecule has 0 unspecified atom stereocenters. The Morgan fingerprint density at radius 2 is 2.33 bits per heavy atom. The van der Waals surface area contributed by atoms with Crippen LogP contribution in [-0.4, -0.2) is 23.9 Å². The van der Waals surface area contributed by atoms with Crippen LogP contribution in [-0.2, 0) is 11.2 Å². The molecular formula is C8H9ClO2S. The first-order chi connectivity index (χ1) is 5.68. The molecule has 4 heteroatoms. The second kappa shape index (κ2) is 3.00. The highest BCUT2D eigenvalue weighted by Crippen LogP contribution is 2.28. The number of ether oxygens (including phenoxy) is 1. The Hall–Kier alpha value is -0.0900. The van der Waals surface area contributed by atoms with E-state index in [0.29, 0.717) is 19.6 Å². The lowest BCUT2D eigenvalue weighted by atomic mass is 9.97. The van der Waals surface area contributed by atoms with Crippen molar-refractivity contribution in [3.8, 4) is 0 Å². The van der Waals surface area contributed by atoms with Gasteiger partial charge in [0.1, 0.15) is 5.60 Å². The molecule has 1 saturated heterocycles. The second-order valence-corrected chi connectivity index (χ2v) is 4.90. The monoisotopic (exact) mass is 204 g/mol. The Kier molecular flexibility index (Phi) is 2.12. The van der Waals surface area contributed by atoms with E-state index in [1.165, 1.54) is 11.3 Å². The van der Waals surface area contributed by atoms with Crippen molar-refractivity contribution >= 4 is 22.9 Å². The molecule has 1 aromatic heterocycles. The van der Waals surface area contributed by atoms with Gasteiger partial charge >= 0.3 is 0 Å². The minimum atomic E-state index is -0.631. The van der Waals surface area contributed by atoms with Crippen molar-refractivity contribution in [1.82, 2.24) is 0 Å². The van der Waals surface area contributed by atoms with Gasteiger partial charge in [-0.15, -0.1) is 11.3 Å². The Labute approximate surface area is 79.7 Å². The molecule has 1 aromatic rings. The van der Waals surface area contributed by atoms with E-state index in [0.717, 1.165) is 9.21 Å². The lowest BCUT2D eigenvalue weighted by Crippen LogP contribution is -2.51. The van der Waals surface area contributed by atoms with Crippen molar-refractivity contribution in [2.75, 3.05) is 13.2 Å². The molecule has 0 spiro atoms. The molecule has 2 heterocycles. The topological polar surface area (TPSA) is 29.5 Å². The molecule has 0 amide bonds. The molecule has 0 atom stereocenters. The van der Waals surface area contributed by atoms with Crippen LogP contribution in [0.2, 0.25) is 4.34 Å². The lowest BCUT2D eigenvalue weighted by molar-refractivity contribution is -0.176. The molecule has 2 nitrogen and oxygen atoms in total. The molecule has 1 aliphatic rings. The van der Waals surface area contributed by atoms with Gasteiger partial charge in [-0.2, -0.15) is 0 Å². The van der Waals surface area contributed by atoms with Gasteiger partial charge in [0.2, 0.25) is 0 Å². The first kappa shape index (κ1) is 8.51. The van der Waals surface area contributed by atoms with Crippen molar-refractivity contribution in [3.63, 3.8) is 0 Å². The number of thiophene rings is 1. The van der Waals surface area contributed by atoms with E-state index in [4.69, 9.17) is 16.3 Å². The van der Waals surface area contributed by atoms with E-state index in [2.05, 4.69) is 0 Å². The standard InChI is InChI=1S/C8H9ClO2S/c9-7-2-1-6(12-7)3-8(10)4-11-5-8/h1-2,10H,3-5H2. The highest BCUT2D eigenvalue weighted by atomic mass is 35.5. The quantitative estimate of drug-likeness (QED) is 0.795. The number of aliphatic hydroxyl groups is 1. The Morgan fingerprint density at radius 3 is 2.75 bits per heavy atom. The summed E-state index contributed by atoms with van der Waals surface area (Å²) in [6.07, 6.45) is 0.657. The Morgan fingerprint density at radius 1 is 1.58 bits per heavy atom. The van der Waals surface area contributed by atoms with E-state index < -0.39 is 5.60 Å². The fourth-order valence-corrected chi connectivity index (χ4v) is 2.43. The Bertz CT molecular complexity index is 280. The zero-order valence-corrected chi connectivity index (χ0v) is 7.99. The van der Waals surface area contributed by atoms with Crippen LogP contribution < -0.4 is 0 Å². The summed E-state index contributed by atoms with van der Waals surface area (Å²) in [5, 5.41) is 9.71. The summed E-state index contributed by atoms with van der Waals surface area (Å²) < 4.78 is 5.71. The van der Waals surface area contributed by atoms with Gasteiger partial charge in [0.25, 0.3) is 0 Å². The largest absolute Gasteiger partial charge is 0.385 e. The maximum atomic E-state index is 9.71. The van der Waals surface area contributed by atoms with Gasteiger partial charge in [-0.25, -0.2) is 0 Å². The molecule has 2 rings (SSSR count). The molecule has 1 fully saturated rings. The molecule has 0 aromatic carbocycles. The van der Waals surface area contributed by atoms with Crippen LogP contribution in [0, 0.1) is 0 Å². The van der Waals surface area contributed by atoms with Gasteiger partial charge < -0.3 is 9.84 Å². The molecule has 66 valence electrons. The molecule has 0 radical (unpaired) electrons. The van der Waals surface area contributed by atoms with Gasteiger partial charge in [0.05, 0.1) is 17.6 Å². The Balaban J connectivity index is 2.03. The first-order valence-electron chi connectivity index (χ1n) is 3.72. The van der Waals surface area contributed by atoms with Crippen LogP contribution in [0.15, 0.2) is 12.1 Å². The summed E-state index contributed by atoms with van der Waals surface area (Å²) in [7, 11) is 0. The maximum Gasteiger partial charge on any atom is 0.116 e. The van der Waals surface area contributed by atoms with Crippen molar-refractivity contribution in [2.45, 2.75) is 12.0 Å². The van der Waals surface area contributed by atoms with Gasteiger partial charge in [-0.3, -0.25) is 0 Å². The number of rotatable bonds is 2. The smallest absolute Gasteiger partial charge is 0.116 e. The van der Waals surface area contributed by atoms with Crippen molar-refractivity contribution in [2.24, 2.45) is 0 Å². The van der Waals surface area contributed by atoms with Gasteiger partial charge in [-0.05, 0) is 12.1 Å². The number of halogens is 1. The highest BCUT2D eigenvalue weighted by molar-refractivity contribution is 7.16. The summed E-state index contributed by atoms with van der Waals surface area (Å²) in [5.41, 5.74) is -0.631. The fraction of sp³-hybridized carbons (Fsp3) is 0.500. The molecule has 1 N–H and O–H groups in total. The molecule has 0 saturated carbocycles. The molecular weight excluding hydrogens is 196 g/mol. The van der Waals surface area contributed by atoms with Crippen LogP contribution in [0.3, 0.4) is 0 Å². The lowest BCUT2D eigenvalue weighted by Gasteiger charge is -2.35. The van der Waals surface area contributed by atoms with Gasteiger partial charge in [0, 0.05) is 11.3 Å². The number of hydrogen-bond donors (Lipinski definition) is 1. The van der Waals surface area contributed by atoms with E-state index >= 15 is 0 Å². The average molecular weight is 205 g/mol. The SMILES string of the molecule is OC1(Cc2ccc(Cl)s2)COC1. The first-order valence-corrected chi connectivity index (χ1v) is 4.92. The minimum Gasteiger partial charge on any atom is -0.385 e. The van der Waals surface area contributed by atoms with E-state index in [9.17, 15) is 5.11 Å². The summed E-state index contributed by atoms with van der Waals surface area (Å²) in [5.74, 6) is 0. The number of hydrogen-bond acceptors (Lipinski definition) is 3. The summed E-state index contributed by atoms with van der Waals surface area (Å²) in [6.45, 7) is 0.894. The average Bonchev–Trinajstić information content (AvgIpc) is 2.32. The molecule has 1 aliphatic heterocycles. The van der Waals surface area contributed by atoms with Crippen molar-refractivity contribution in [3.05, 3.63) is 21.3 Å². The minimum absolute atomic E-state index is 0.447. The third-order valence-corrected chi connectivity index (χ3v) is 3.10. The van der Waals surface area contributed by atoms with Crippen molar-refractivity contribution in [1.29, 1.82) is 0 Å². The zero-order chi connectivity index (χ0) is 8.60. The van der Waals surface area contributed by atoms with Crippen LogP contribution in [0.1, 0.15) is 4.88 Å². The van der Waals surface area contributed by atoms with E-state index in [-0.39, 0.29) is 0 Å². The zero-order valence-electron chi connectivity index (χ0n) is 6.42. The highest BCUT2D eigenvalue weighted by Gasteiger charge is 2.36. The summed E-state index contributed by atoms with van der Waals surface area (Å²) in [6, 6.07) is 3.80. The molecule has 0 bridgehead atoms. The van der Waals surface area contributed by atoms with Crippen LogP contribution >= 0.6 is 22.9 Å². The molecule has 12 heavy (non-hydrogen) atoms. The van der Waals surface area contributed by atoms with E-state index in [1.54, 1.807) is 0 Å². The van der Waals surface area contributed by atoms with Crippen LogP contribution in [0.4, 0.5) is 0 Å². The predicted octanol–water partition coefficient (Wildman–Crippen LogP) is 1.71. The van der Waals surface area contributed by atoms with Gasteiger partial charge in [0.15, 0.2) is 0 Å². The third kappa shape index (κ3) is 1.64. The maximum absolute atomic E-state index is 9.71. The van der Waals surface area contributed by atoms with Crippen molar-refractivity contribution < 1.29 is 9.84 Å². The summed E-state index contributed by atoms with van der Waals surface area (Å²) in [4.78, 5) is 1.12. The second-order valence-electron chi connectivity index (χ2n) is 3.10. The van der Waals surface area contributed by atoms with Crippen LogP contribution in [0.25, 0.3) is 0 Å².